The van der Waals surface area contributed by atoms with E-state index in [-0.39, 0.29) is 5.56 Å². The highest BCUT2D eigenvalue weighted by atomic mass is 16.5. The molecule has 0 spiro atoms. The Kier molecular flexibility index (Phi) is 5.07. The zero-order chi connectivity index (χ0) is 20.2. The lowest BCUT2D eigenvalue weighted by molar-refractivity contribution is 0.415. The van der Waals surface area contributed by atoms with Crippen molar-refractivity contribution >= 4 is 11.5 Å². The largest absolute Gasteiger partial charge is 0.497 e. The quantitative estimate of drug-likeness (QED) is 0.519. The Morgan fingerprint density at radius 1 is 1.00 bits per heavy atom. The lowest BCUT2D eigenvalue weighted by Crippen LogP contribution is -2.19. The van der Waals surface area contributed by atoms with Crippen LogP contribution in [-0.4, -0.2) is 27.6 Å². The molecule has 2 aromatic heterocycles. The van der Waals surface area contributed by atoms with Gasteiger partial charge in [-0.05, 0) is 55.5 Å². The minimum atomic E-state index is -0.167. The maximum absolute atomic E-state index is 13.3. The molecule has 29 heavy (non-hydrogen) atoms. The Hall–Kier alpha value is -3.93. The van der Waals surface area contributed by atoms with Crippen LogP contribution in [0.5, 0.6) is 5.75 Å². The molecule has 4 aromatic rings. The highest BCUT2D eigenvalue weighted by Crippen LogP contribution is 2.25. The lowest BCUT2D eigenvalue weighted by atomic mass is 10.1. The van der Waals surface area contributed by atoms with Crippen molar-refractivity contribution in [2.45, 2.75) is 6.92 Å². The van der Waals surface area contributed by atoms with Gasteiger partial charge in [-0.1, -0.05) is 24.3 Å². The molecule has 0 saturated carbocycles. The first-order valence-electron chi connectivity index (χ1n) is 9.19. The van der Waals surface area contributed by atoms with Crippen LogP contribution in [0.2, 0.25) is 0 Å². The Morgan fingerprint density at radius 3 is 2.38 bits per heavy atom. The number of methoxy groups -OCH3 is 1. The van der Waals surface area contributed by atoms with Gasteiger partial charge < -0.3 is 4.74 Å². The number of rotatable bonds is 5. The third-order valence-corrected chi connectivity index (χ3v) is 4.58. The average Bonchev–Trinajstić information content (AvgIpc) is 3.12. The Labute approximate surface area is 168 Å². The summed E-state index contributed by atoms with van der Waals surface area (Å²) in [6.07, 6.45) is 1.68. The molecule has 6 heteroatoms. The molecule has 0 unspecified atom stereocenters. The number of aromatic amines is 1. The summed E-state index contributed by atoms with van der Waals surface area (Å²) in [6.45, 7) is 1.82. The summed E-state index contributed by atoms with van der Waals surface area (Å²) in [4.78, 5) is 22.1. The van der Waals surface area contributed by atoms with Crippen molar-refractivity contribution in [3.8, 4) is 22.7 Å². The molecule has 0 atom stereocenters. The second-order valence-electron chi connectivity index (χ2n) is 6.45. The van der Waals surface area contributed by atoms with Crippen LogP contribution in [0.3, 0.4) is 0 Å². The van der Waals surface area contributed by atoms with E-state index in [4.69, 9.17) is 4.74 Å². The summed E-state index contributed by atoms with van der Waals surface area (Å²) in [6, 6.07) is 22.5. The maximum atomic E-state index is 13.3. The predicted octanol–water partition coefficient (Wildman–Crippen LogP) is 4.38. The van der Waals surface area contributed by atoms with Gasteiger partial charge in [-0.3, -0.25) is 9.89 Å². The van der Waals surface area contributed by atoms with Crippen molar-refractivity contribution in [3.63, 3.8) is 0 Å². The first kappa shape index (κ1) is 18.4. The summed E-state index contributed by atoms with van der Waals surface area (Å²) in [5, 5.41) is 3.25. The molecule has 144 valence electrons. The molecule has 0 saturated heterocycles. The molecule has 0 fully saturated rings. The maximum Gasteiger partial charge on any atom is 0.280 e. The number of aliphatic imine (C=N–C) groups is 1. The summed E-state index contributed by atoms with van der Waals surface area (Å²) >= 11 is 0. The Morgan fingerprint density at radius 2 is 1.72 bits per heavy atom. The number of H-pyrrole nitrogens is 1. The first-order chi connectivity index (χ1) is 14.2. The number of ether oxygens (including phenoxy) is 1. The van der Waals surface area contributed by atoms with Gasteiger partial charge in [-0.25, -0.2) is 14.7 Å². The van der Waals surface area contributed by atoms with Crippen LogP contribution >= 0.6 is 0 Å². The molecule has 2 heterocycles. The highest BCUT2D eigenvalue weighted by Gasteiger charge is 2.19. The minimum Gasteiger partial charge on any atom is -0.497 e. The van der Waals surface area contributed by atoms with Crippen LogP contribution in [0.4, 0.5) is 5.82 Å². The molecule has 0 aliphatic heterocycles. The Balaban J connectivity index is 1.91. The van der Waals surface area contributed by atoms with Crippen molar-refractivity contribution < 1.29 is 4.74 Å². The van der Waals surface area contributed by atoms with Crippen LogP contribution < -0.4 is 10.3 Å². The van der Waals surface area contributed by atoms with E-state index in [1.807, 2.05) is 73.7 Å². The van der Waals surface area contributed by atoms with Gasteiger partial charge in [0, 0.05) is 11.8 Å². The van der Waals surface area contributed by atoms with E-state index in [1.54, 1.807) is 19.4 Å². The number of aromatic nitrogens is 3. The molecular formula is C23H20N4O2. The summed E-state index contributed by atoms with van der Waals surface area (Å²) < 4.78 is 6.78. The van der Waals surface area contributed by atoms with Gasteiger partial charge in [0.05, 0.1) is 29.8 Å². The van der Waals surface area contributed by atoms with Crippen molar-refractivity contribution in [2.24, 2.45) is 4.99 Å². The second-order valence-corrected chi connectivity index (χ2v) is 6.45. The van der Waals surface area contributed by atoms with Gasteiger partial charge in [0.1, 0.15) is 5.75 Å². The molecule has 0 radical (unpaired) electrons. The number of benzene rings is 2. The van der Waals surface area contributed by atoms with Gasteiger partial charge in [-0.15, -0.1) is 0 Å². The third kappa shape index (κ3) is 3.73. The molecule has 0 amide bonds. The van der Waals surface area contributed by atoms with Gasteiger partial charge in [0.15, 0.2) is 5.82 Å². The van der Waals surface area contributed by atoms with Crippen molar-refractivity contribution in [2.75, 3.05) is 7.11 Å². The van der Waals surface area contributed by atoms with Crippen molar-refractivity contribution in [3.05, 3.63) is 94.9 Å². The van der Waals surface area contributed by atoms with Gasteiger partial charge in [0.2, 0.25) is 0 Å². The summed E-state index contributed by atoms with van der Waals surface area (Å²) in [5.74, 6) is 1.30. The molecule has 0 bridgehead atoms. The van der Waals surface area contributed by atoms with Crippen LogP contribution in [0.1, 0.15) is 12.5 Å². The van der Waals surface area contributed by atoms with E-state index in [0.29, 0.717) is 22.8 Å². The molecule has 0 aliphatic rings. The Bertz CT molecular complexity index is 1190. The first-order valence-corrected chi connectivity index (χ1v) is 9.19. The number of nitrogens with one attached hydrogen (secondary N) is 1. The zero-order valence-corrected chi connectivity index (χ0v) is 16.2. The molecule has 0 aliphatic carbocycles. The number of hydrogen-bond acceptors (Lipinski definition) is 4. The van der Waals surface area contributed by atoms with Crippen LogP contribution in [-0.2, 0) is 0 Å². The highest BCUT2D eigenvalue weighted by molar-refractivity contribution is 6.04. The van der Waals surface area contributed by atoms with E-state index < -0.39 is 0 Å². The van der Waals surface area contributed by atoms with Crippen LogP contribution in [0, 0.1) is 0 Å². The fourth-order valence-electron chi connectivity index (χ4n) is 3.15. The predicted molar refractivity (Wildman–Crippen MR) is 114 cm³/mol. The van der Waals surface area contributed by atoms with E-state index in [9.17, 15) is 4.79 Å². The van der Waals surface area contributed by atoms with E-state index in [0.717, 1.165) is 17.0 Å². The van der Waals surface area contributed by atoms with E-state index >= 15 is 0 Å². The average molecular weight is 384 g/mol. The lowest BCUT2D eigenvalue weighted by Gasteiger charge is -2.05. The molecule has 1 N–H and O–H groups in total. The monoisotopic (exact) mass is 384 g/mol. The SMILES string of the molecule is COc1ccc(-c2[nH]n(-c3ccccc3)c(=O)c2/C(C)=N/c2ccccn2)cc1. The molecule has 4 rings (SSSR count). The summed E-state index contributed by atoms with van der Waals surface area (Å²) in [7, 11) is 1.62. The smallest absolute Gasteiger partial charge is 0.280 e. The fraction of sp³-hybridized carbons (Fsp3) is 0.0870. The summed E-state index contributed by atoms with van der Waals surface area (Å²) in [5.41, 5.74) is 3.24. The minimum absolute atomic E-state index is 0.167. The standard InChI is InChI=1S/C23H20N4O2/c1-16(25-20-10-6-7-15-24-20)21-22(17-11-13-19(29-2)14-12-17)26-27(23(21)28)18-8-4-3-5-9-18/h3-15,26H,1-2H3/b25-16+. The van der Waals surface area contributed by atoms with Gasteiger partial charge in [-0.2, -0.15) is 0 Å². The van der Waals surface area contributed by atoms with Gasteiger partial charge >= 0.3 is 0 Å². The van der Waals surface area contributed by atoms with Crippen LogP contribution in [0.25, 0.3) is 16.9 Å². The van der Waals surface area contributed by atoms with Crippen molar-refractivity contribution in [1.29, 1.82) is 0 Å². The second kappa shape index (κ2) is 7.98. The molecular weight excluding hydrogens is 364 g/mol. The number of nitrogens with zero attached hydrogens (tertiary/aromatic N) is 3. The topological polar surface area (TPSA) is 72.3 Å². The van der Waals surface area contributed by atoms with Crippen molar-refractivity contribution in [1.82, 2.24) is 14.8 Å². The number of pyridine rings is 1. The third-order valence-electron chi connectivity index (χ3n) is 4.58. The number of hydrogen-bond donors (Lipinski definition) is 1. The molecule has 6 nitrogen and oxygen atoms in total. The number of para-hydroxylation sites is 1. The zero-order valence-electron chi connectivity index (χ0n) is 16.2. The fourth-order valence-corrected chi connectivity index (χ4v) is 3.15. The van der Waals surface area contributed by atoms with Crippen LogP contribution in [0.15, 0.2) is 88.8 Å². The normalized spacial score (nSPS) is 11.4. The van der Waals surface area contributed by atoms with Gasteiger partial charge in [0.25, 0.3) is 5.56 Å². The molecule has 2 aromatic carbocycles. The van der Waals surface area contributed by atoms with E-state index in [2.05, 4.69) is 15.1 Å². The van der Waals surface area contributed by atoms with E-state index in [1.165, 1.54) is 4.68 Å².